The highest BCUT2D eigenvalue weighted by molar-refractivity contribution is 5.89. The van der Waals surface area contributed by atoms with E-state index in [4.69, 9.17) is 15.6 Å². The first-order valence-corrected chi connectivity index (χ1v) is 5.30. The molecule has 0 saturated carbocycles. The van der Waals surface area contributed by atoms with Gasteiger partial charge in [-0.05, 0) is 30.7 Å². The van der Waals surface area contributed by atoms with Gasteiger partial charge >= 0.3 is 5.97 Å². The number of imidazole rings is 1. The van der Waals surface area contributed by atoms with Gasteiger partial charge in [0.25, 0.3) is 0 Å². The van der Waals surface area contributed by atoms with Crippen LogP contribution in [-0.2, 0) is 0 Å². The molecule has 0 bridgehead atoms. The van der Waals surface area contributed by atoms with Crippen molar-refractivity contribution < 1.29 is 9.90 Å². The van der Waals surface area contributed by atoms with Gasteiger partial charge in [0.1, 0.15) is 18.5 Å². The minimum absolute atomic E-state index is 0.0439. The highest BCUT2D eigenvalue weighted by atomic mass is 16.4. The summed E-state index contributed by atoms with van der Waals surface area (Å²) in [5.41, 5.74) is 1.53. The van der Waals surface area contributed by atoms with Crippen LogP contribution in [0.5, 0.6) is 0 Å². The molecule has 1 heterocycles. The molecular formula is C13H8N4O2. The molecule has 2 rings (SSSR count). The zero-order valence-electron chi connectivity index (χ0n) is 9.95. The second-order valence-electron chi connectivity index (χ2n) is 3.84. The fourth-order valence-corrected chi connectivity index (χ4v) is 1.77. The Morgan fingerprint density at radius 2 is 2.11 bits per heavy atom. The number of hydrogen-bond acceptors (Lipinski definition) is 4. The van der Waals surface area contributed by atoms with Crippen LogP contribution in [0.3, 0.4) is 0 Å². The molecule has 0 unspecified atom stereocenters. The third-order valence-corrected chi connectivity index (χ3v) is 2.70. The predicted molar refractivity (Wildman–Crippen MR) is 64.7 cm³/mol. The van der Waals surface area contributed by atoms with E-state index in [0.717, 1.165) is 0 Å². The van der Waals surface area contributed by atoms with Crippen LogP contribution in [-0.4, -0.2) is 20.6 Å². The smallest absolute Gasteiger partial charge is 0.335 e. The van der Waals surface area contributed by atoms with Crippen molar-refractivity contribution >= 4 is 5.97 Å². The summed E-state index contributed by atoms with van der Waals surface area (Å²) < 4.78 is 1.46. The van der Waals surface area contributed by atoms with E-state index in [1.165, 1.54) is 17.0 Å². The Bertz CT molecular complexity index is 747. The highest BCUT2D eigenvalue weighted by Crippen LogP contribution is 2.18. The number of hydrogen-bond donors (Lipinski definition) is 1. The first kappa shape index (κ1) is 12.3. The van der Waals surface area contributed by atoms with Gasteiger partial charge in [-0.3, -0.25) is 4.57 Å². The van der Waals surface area contributed by atoms with E-state index >= 15 is 0 Å². The molecule has 0 amide bonds. The number of rotatable bonds is 2. The molecule has 19 heavy (non-hydrogen) atoms. The number of nitriles is 2. The number of carbonyl (C=O) groups is 1. The quantitative estimate of drug-likeness (QED) is 0.874. The summed E-state index contributed by atoms with van der Waals surface area (Å²) in [6.07, 6.45) is 1.37. The molecule has 6 heteroatoms. The summed E-state index contributed by atoms with van der Waals surface area (Å²) in [7, 11) is 0. The van der Waals surface area contributed by atoms with Crippen molar-refractivity contribution in [1.29, 1.82) is 10.5 Å². The average molecular weight is 252 g/mol. The standard InChI is InChI=1S/C13H8N4O2/c1-8-4-9(2-3-10(8)13(18)19)17-7-16-11(5-14)12(17)6-15/h2-4,7H,1H3,(H,18,19). The molecule has 0 aliphatic carbocycles. The third kappa shape index (κ3) is 2.03. The lowest BCUT2D eigenvalue weighted by Crippen LogP contribution is -2.02. The van der Waals surface area contributed by atoms with Crippen molar-refractivity contribution in [1.82, 2.24) is 9.55 Å². The molecular weight excluding hydrogens is 244 g/mol. The Kier molecular flexibility index (Phi) is 3.01. The molecule has 1 N–H and O–H groups in total. The molecule has 0 aliphatic rings. The Morgan fingerprint density at radius 3 is 2.63 bits per heavy atom. The van der Waals surface area contributed by atoms with E-state index in [9.17, 15) is 4.79 Å². The average Bonchev–Trinajstić information content (AvgIpc) is 2.80. The lowest BCUT2D eigenvalue weighted by molar-refractivity contribution is 0.0696. The van der Waals surface area contributed by atoms with Gasteiger partial charge in [0, 0.05) is 5.69 Å². The fourth-order valence-electron chi connectivity index (χ4n) is 1.77. The van der Waals surface area contributed by atoms with Gasteiger partial charge in [-0.1, -0.05) is 0 Å². The minimum atomic E-state index is -1.01. The molecule has 6 nitrogen and oxygen atoms in total. The molecule has 92 valence electrons. The summed E-state index contributed by atoms with van der Waals surface area (Å²) in [6, 6.07) is 8.40. The molecule has 0 aliphatic heterocycles. The molecule has 1 aromatic heterocycles. The van der Waals surface area contributed by atoms with Crippen molar-refractivity contribution in [3.8, 4) is 17.8 Å². The van der Waals surface area contributed by atoms with Gasteiger partial charge in [-0.15, -0.1) is 0 Å². The summed E-state index contributed by atoms with van der Waals surface area (Å²) >= 11 is 0. The number of carboxylic acids is 1. The summed E-state index contributed by atoms with van der Waals surface area (Å²) in [5.74, 6) is -1.01. The van der Waals surface area contributed by atoms with Crippen LogP contribution in [0.15, 0.2) is 24.5 Å². The van der Waals surface area contributed by atoms with Crippen molar-refractivity contribution in [2.45, 2.75) is 6.92 Å². The summed E-state index contributed by atoms with van der Waals surface area (Å²) in [6.45, 7) is 1.67. The molecule has 0 fully saturated rings. The molecule has 2 aromatic rings. The normalized spacial score (nSPS) is 9.63. The van der Waals surface area contributed by atoms with Crippen molar-refractivity contribution in [2.75, 3.05) is 0 Å². The maximum Gasteiger partial charge on any atom is 0.335 e. The second-order valence-corrected chi connectivity index (χ2v) is 3.84. The zero-order chi connectivity index (χ0) is 14.0. The summed E-state index contributed by atoms with van der Waals surface area (Å²) in [5, 5.41) is 26.8. The van der Waals surface area contributed by atoms with Crippen molar-refractivity contribution in [3.05, 3.63) is 47.0 Å². The van der Waals surface area contributed by atoms with E-state index < -0.39 is 5.97 Å². The van der Waals surface area contributed by atoms with E-state index in [0.29, 0.717) is 11.3 Å². The van der Waals surface area contributed by atoms with E-state index in [1.54, 1.807) is 19.1 Å². The maximum absolute atomic E-state index is 10.9. The number of aromatic carboxylic acids is 1. The molecule has 0 spiro atoms. The van der Waals surface area contributed by atoms with Gasteiger partial charge in [0.05, 0.1) is 5.56 Å². The van der Waals surface area contributed by atoms with E-state index in [2.05, 4.69) is 4.98 Å². The lowest BCUT2D eigenvalue weighted by atomic mass is 10.1. The van der Waals surface area contributed by atoms with Crippen LogP contribution in [0.2, 0.25) is 0 Å². The first-order chi connectivity index (χ1) is 9.08. The van der Waals surface area contributed by atoms with E-state index in [1.807, 2.05) is 12.1 Å². The SMILES string of the molecule is Cc1cc(-n2cnc(C#N)c2C#N)ccc1C(=O)O. The molecule has 0 radical (unpaired) electrons. The molecule has 1 aromatic carbocycles. The first-order valence-electron chi connectivity index (χ1n) is 5.30. The van der Waals surface area contributed by atoms with Crippen LogP contribution >= 0.6 is 0 Å². The number of aromatic nitrogens is 2. The number of benzene rings is 1. The Balaban J connectivity index is 2.59. The molecule has 0 saturated heterocycles. The number of carboxylic acid groups (broad SMARTS) is 1. The van der Waals surface area contributed by atoms with Crippen molar-refractivity contribution in [3.63, 3.8) is 0 Å². The fraction of sp³-hybridized carbons (Fsp3) is 0.0769. The van der Waals surface area contributed by atoms with Crippen LogP contribution < -0.4 is 0 Å². The second kappa shape index (κ2) is 4.63. The van der Waals surface area contributed by atoms with Gasteiger partial charge in [0.15, 0.2) is 11.4 Å². The van der Waals surface area contributed by atoms with Crippen LogP contribution in [0.1, 0.15) is 27.3 Å². The largest absolute Gasteiger partial charge is 0.478 e. The minimum Gasteiger partial charge on any atom is -0.478 e. The van der Waals surface area contributed by atoms with Gasteiger partial charge in [-0.25, -0.2) is 9.78 Å². The monoisotopic (exact) mass is 252 g/mol. The van der Waals surface area contributed by atoms with Crippen LogP contribution in [0, 0.1) is 29.6 Å². The highest BCUT2D eigenvalue weighted by Gasteiger charge is 2.13. The Morgan fingerprint density at radius 1 is 1.37 bits per heavy atom. The topological polar surface area (TPSA) is 103 Å². The number of nitrogens with zero attached hydrogens (tertiary/aromatic N) is 4. The van der Waals surface area contributed by atoms with Crippen LogP contribution in [0.4, 0.5) is 0 Å². The lowest BCUT2D eigenvalue weighted by Gasteiger charge is -2.07. The van der Waals surface area contributed by atoms with Crippen LogP contribution in [0.25, 0.3) is 5.69 Å². The van der Waals surface area contributed by atoms with Gasteiger partial charge in [-0.2, -0.15) is 10.5 Å². The Hall–Kier alpha value is -3.12. The molecule has 0 atom stereocenters. The summed E-state index contributed by atoms with van der Waals surface area (Å²) in [4.78, 5) is 14.8. The number of aryl methyl sites for hydroxylation is 1. The Labute approximate surface area is 108 Å². The van der Waals surface area contributed by atoms with Gasteiger partial charge < -0.3 is 5.11 Å². The van der Waals surface area contributed by atoms with E-state index in [-0.39, 0.29) is 17.0 Å². The zero-order valence-corrected chi connectivity index (χ0v) is 9.95. The third-order valence-electron chi connectivity index (χ3n) is 2.70. The van der Waals surface area contributed by atoms with Gasteiger partial charge in [0.2, 0.25) is 0 Å². The maximum atomic E-state index is 10.9. The van der Waals surface area contributed by atoms with Crippen molar-refractivity contribution in [2.24, 2.45) is 0 Å². The predicted octanol–water partition coefficient (Wildman–Crippen LogP) is 1.62.